The summed E-state index contributed by atoms with van der Waals surface area (Å²) in [6.45, 7) is 17.7. The maximum absolute atomic E-state index is 14.7. The van der Waals surface area contributed by atoms with Crippen molar-refractivity contribution in [2.24, 2.45) is 10.8 Å². The Morgan fingerprint density at radius 1 is 1.10 bits per heavy atom. The summed E-state index contributed by atoms with van der Waals surface area (Å²) in [4.78, 5) is 52.6. The average Bonchev–Trinajstić information content (AvgIpc) is 3.81. The van der Waals surface area contributed by atoms with Gasteiger partial charge in [-0.2, -0.15) is 0 Å². The molecule has 17 heteroatoms. The Morgan fingerprint density at radius 3 is 2.57 bits per heavy atom. The van der Waals surface area contributed by atoms with Crippen LogP contribution in [0.5, 0.6) is 0 Å². The standard InChI is InChI=1S/C46H61N7O9S/c1-27-20-61-28(2)36-30(10-8-14-47-36)38-32(19-45(6,7)24-54)31-18-29(12-13-35(31)52(38)16-17-60-27)34-21-63-40(48-34)39(51-22-46(23-51)25-59-26-46)37(49-43(58)62-44(3,4)5)41(55)53-15-9-11-33(50-53)42(56)57/h8,10,12-14,18,21,27-28,33,37,39,50,54H,9,11,15-17,19-20,22-26H2,1-7H3,(H,49,58)(H,56,57)/t27-,28-,33-,37-,39-/m0/s1. The summed E-state index contributed by atoms with van der Waals surface area (Å²) in [5, 5.41) is 28.3. The van der Waals surface area contributed by atoms with E-state index >= 15 is 0 Å². The summed E-state index contributed by atoms with van der Waals surface area (Å²) in [6, 6.07) is 7.57. The number of alkyl carbamates (subject to hydrolysis) is 1. The van der Waals surface area contributed by atoms with Crippen LogP contribution >= 0.6 is 11.3 Å². The quantitative estimate of drug-likeness (QED) is 0.151. The number of aliphatic carboxylic acids is 1. The van der Waals surface area contributed by atoms with Crippen molar-refractivity contribution in [3.05, 3.63) is 58.2 Å². The first-order valence-corrected chi connectivity index (χ1v) is 22.8. The van der Waals surface area contributed by atoms with Crippen molar-refractivity contribution in [3.63, 3.8) is 0 Å². The predicted octanol–water partition coefficient (Wildman–Crippen LogP) is 5.73. The number of ether oxygens (including phenoxy) is 4. The highest BCUT2D eigenvalue weighted by Gasteiger charge is 2.54. The van der Waals surface area contributed by atoms with E-state index in [0.29, 0.717) is 76.0 Å². The number of aliphatic hydroxyl groups excluding tert-OH is 1. The van der Waals surface area contributed by atoms with Gasteiger partial charge in [0.15, 0.2) is 0 Å². The topological polar surface area (TPSA) is 190 Å². The Hall–Kier alpha value is -4.49. The second-order valence-electron chi connectivity index (χ2n) is 19.5. The zero-order valence-electron chi connectivity index (χ0n) is 37.3. The number of hydrogen-bond acceptors (Lipinski definition) is 13. The number of aliphatic hydroxyl groups is 1. The molecule has 16 nitrogen and oxygen atoms in total. The highest BCUT2D eigenvalue weighted by molar-refractivity contribution is 7.10. The zero-order chi connectivity index (χ0) is 44.8. The van der Waals surface area contributed by atoms with Crippen LogP contribution in [-0.2, 0) is 41.5 Å². The molecule has 2 amide bonds. The molecule has 1 spiro atoms. The molecule has 4 aromatic rings. The second-order valence-corrected chi connectivity index (χ2v) is 20.4. The molecule has 0 aliphatic carbocycles. The molecule has 3 aromatic heterocycles. The molecule has 4 aliphatic rings. The first-order chi connectivity index (χ1) is 29.9. The van der Waals surface area contributed by atoms with Gasteiger partial charge < -0.3 is 39.0 Å². The smallest absolute Gasteiger partial charge is 0.408 e. The van der Waals surface area contributed by atoms with Crippen LogP contribution in [-0.4, -0.2) is 129 Å². The number of nitrogens with one attached hydrogen (secondary N) is 2. The predicted molar refractivity (Wildman–Crippen MR) is 237 cm³/mol. The van der Waals surface area contributed by atoms with Crippen LogP contribution in [0, 0.1) is 10.8 Å². The number of carbonyl (C=O) groups excluding carboxylic acids is 2. The van der Waals surface area contributed by atoms with Gasteiger partial charge in [-0.3, -0.25) is 24.5 Å². The third-order valence-electron chi connectivity index (χ3n) is 12.4. The van der Waals surface area contributed by atoms with Crippen molar-refractivity contribution in [1.29, 1.82) is 0 Å². The molecule has 5 atom stereocenters. The van der Waals surface area contributed by atoms with Gasteiger partial charge in [0.1, 0.15) is 22.7 Å². The second kappa shape index (κ2) is 17.8. The third kappa shape index (κ3) is 9.51. The maximum atomic E-state index is 14.7. The van der Waals surface area contributed by atoms with E-state index in [0.717, 1.165) is 39.0 Å². The van der Waals surface area contributed by atoms with Gasteiger partial charge in [-0.1, -0.05) is 19.9 Å². The van der Waals surface area contributed by atoms with E-state index in [-0.39, 0.29) is 30.8 Å². The van der Waals surface area contributed by atoms with Crippen molar-refractivity contribution >= 4 is 40.2 Å². The number of hydrazine groups is 1. The lowest BCUT2D eigenvalue weighted by Gasteiger charge is -2.57. The zero-order valence-corrected chi connectivity index (χ0v) is 38.1. The first-order valence-electron chi connectivity index (χ1n) is 22.0. The third-order valence-corrected chi connectivity index (χ3v) is 13.3. The monoisotopic (exact) mass is 887 g/mol. The number of nitrogens with zero attached hydrogens (tertiary/aromatic N) is 5. The van der Waals surface area contributed by atoms with Gasteiger partial charge in [0.05, 0.1) is 61.8 Å². The fourth-order valence-corrected chi connectivity index (χ4v) is 10.2. The van der Waals surface area contributed by atoms with Crippen molar-refractivity contribution in [1.82, 2.24) is 35.2 Å². The molecule has 0 saturated carbocycles. The Kier molecular flexibility index (Phi) is 12.8. The normalized spacial score (nSPS) is 22.8. The minimum atomic E-state index is -1.17. The molecule has 7 heterocycles. The summed E-state index contributed by atoms with van der Waals surface area (Å²) < 4.78 is 26.2. The number of rotatable bonds is 10. The molecule has 3 fully saturated rings. The molecular weight excluding hydrogens is 827 g/mol. The number of likely N-dealkylation sites (tertiary alicyclic amines) is 1. The highest BCUT2D eigenvalue weighted by atomic mass is 32.1. The lowest BCUT2D eigenvalue weighted by molar-refractivity contribution is -0.202. The Bertz CT molecular complexity index is 2330. The van der Waals surface area contributed by atoms with Gasteiger partial charge in [0.25, 0.3) is 5.91 Å². The van der Waals surface area contributed by atoms with E-state index in [9.17, 15) is 24.6 Å². The highest BCUT2D eigenvalue weighted by Crippen LogP contribution is 2.46. The molecule has 8 rings (SSSR count). The van der Waals surface area contributed by atoms with E-state index in [1.807, 2.05) is 25.3 Å². The van der Waals surface area contributed by atoms with Crippen LogP contribution in [0.25, 0.3) is 33.4 Å². The molecule has 4 N–H and O–H groups in total. The minimum absolute atomic E-state index is 0.0132. The summed E-state index contributed by atoms with van der Waals surface area (Å²) >= 11 is 1.41. The molecule has 0 radical (unpaired) electrons. The number of aromatic nitrogens is 3. The molecule has 4 aliphatic heterocycles. The number of pyridine rings is 1. The number of amides is 2. The van der Waals surface area contributed by atoms with Gasteiger partial charge in [-0.15, -0.1) is 11.3 Å². The van der Waals surface area contributed by atoms with E-state index in [2.05, 4.69) is 58.3 Å². The van der Waals surface area contributed by atoms with Crippen molar-refractivity contribution in [3.8, 4) is 22.5 Å². The minimum Gasteiger partial charge on any atom is -0.480 e. The summed E-state index contributed by atoms with van der Waals surface area (Å²) in [7, 11) is 0. The van der Waals surface area contributed by atoms with Gasteiger partial charge in [-0.05, 0) is 89.1 Å². The van der Waals surface area contributed by atoms with Crippen LogP contribution in [0.15, 0.2) is 41.9 Å². The molecule has 0 unspecified atom stereocenters. The van der Waals surface area contributed by atoms with Crippen molar-refractivity contribution < 1.29 is 43.5 Å². The van der Waals surface area contributed by atoms with Crippen LogP contribution in [0.2, 0.25) is 0 Å². The Labute approximate surface area is 372 Å². The Morgan fingerprint density at radius 2 is 1.87 bits per heavy atom. The molecule has 63 heavy (non-hydrogen) atoms. The summed E-state index contributed by atoms with van der Waals surface area (Å²) in [5.41, 5.74) is 8.03. The van der Waals surface area contributed by atoms with Crippen LogP contribution < -0.4 is 10.7 Å². The lowest BCUT2D eigenvalue weighted by atomic mass is 9.76. The Balaban J connectivity index is 1.23. The lowest BCUT2D eigenvalue weighted by Crippen LogP contribution is -2.70. The van der Waals surface area contributed by atoms with Gasteiger partial charge in [0.2, 0.25) is 0 Å². The van der Waals surface area contributed by atoms with Crippen LogP contribution in [0.1, 0.15) is 89.7 Å². The number of fused-ring (bicyclic) bond motifs is 5. The fraction of sp³-hybridized carbons (Fsp3) is 0.587. The van der Waals surface area contributed by atoms with E-state index in [1.165, 1.54) is 16.3 Å². The van der Waals surface area contributed by atoms with E-state index in [1.54, 1.807) is 27.0 Å². The molecule has 1 aromatic carbocycles. The molecular formula is C46H61N7O9S. The van der Waals surface area contributed by atoms with Gasteiger partial charge in [-0.25, -0.2) is 15.2 Å². The summed E-state index contributed by atoms with van der Waals surface area (Å²) in [5.74, 6) is -1.53. The van der Waals surface area contributed by atoms with Gasteiger partial charge >= 0.3 is 12.1 Å². The van der Waals surface area contributed by atoms with E-state index < -0.39 is 47.1 Å². The van der Waals surface area contributed by atoms with Crippen LogP contribution in [0.4, 0.5) is 4.79 Å². The van der Waals surface area contributed by atoms with Crippen molar-refractivity contribution in [2.75, 3.05) is 52.7 Å². The first kappa shape index (κ1) is 45.1. The number of carbonyl (C=O) groups is 3. The summed E-state index contributed by atoms with van der Waals surface area (Å²) in [6.07, 6.45) is 2.06. The number of thiazole rings is 1. The molecule has 0 bridgehead atoms. The number of carboxylic acids is 1. The maximum Gasteiger partial charge on any atom is 0.408 e. The van der Waals surface area contributed by atoms with Crippen LogP contribution in [0.3, 0.4) is 0 Å². The SMILES string of the molecule is C[C@@H]1OC[C@H](C)OCCn2c(c(CC(C)(C)CO)c3cc(-c4csc([C@H]([C@H](NC(=O)OC(C)(C)C)C(=O)N5CCC[C@@H](C(=O)O)N5)N5CC6(COC6)C5)n4)ccc32)-c2cccnc21. The number of hydrogen-bond donors (Lipinski definition) is 4. The molecule has 340 valence electrons. The fourth-order valence-electron chi connectivity index (χ4n) is 9.18. The number of carboxylic acid groups (broad SMARTS) is 1. The molecule has 3 saturated heterocycles. The largest absolute Gasteiger partial charge is 0.480 e. The average molecular weight is 888 g/mol. The van der Waals surface area contributed by atoms with Crippen molar-refractivity contribution in [2.45, 2.75) is 110 Å². The number of benzene rings is 1. The van der Waals surface area contributed by atoms with Gasteiger partial charge in [0, 0.05) is 71.8 Å². The van der Waals surface area contributed by atoms with E-state index in [4.69, 9.17) is 28.9 Å².